The molecule has 0 radical (unpaired) electrons. The van der Waals surface area contributed by atoms with Gasteiger partial charge in [0.15, 0.2) is 16.7 Å². The molecule has 2 rings (SSSR count). The molecular formula is C18H22IN3O2S. The van der Waals surface area contributed by atoms with Crippen LogP contribution in [0.25, 0.3) is 0 Å². The number of benzene rings is 2. The lowest BCUT2D eigenvalue weighted by molar-refractivity contribution is 0.269. The topological polar surface area (TPSA) is 69.2 Å². The fraction of sp³-hybridized carbons (Fsp3) is 0.222. The van der Waals surface area contributed by atoms with Gasteiger partial charge >= 0.3 is 0 Å². The van der Waals surface area contributed by atoms with Crippen LogP contribution in [0.1, 0.15) is 18.1 Å². The van der Waals surface area contributed by atoms with Crippen LogP contribution in [-0.2, 0) is 6.61 Å². The monoisotopic (exact) mass is 471 g/mol. The summed E-state index contributed by atoms with van der Waals surface area (Å²) in [7, 11) is 0. The Morgan fingerprint density at radius 3 is 2.56 bits per heavy atom. The first-order valence-corrected chi connectivity index (χ1v) is 8.79. The van der Waals surface area contributed by atoms with Gasteiger partial charge in [0.2, 0.25) is 0 Å². The summed E-state index contributed by atoms with van der Waals surface area (Å²) in [6.45, 7) is 2.98. The van der Waals surface area contributed by atoms with Crippen LogP contribution in [0.15, 0.2) is 58.7 Å². The van der Waals surface area contributed by atoms with E-state index < -0.39 is 0 Å². The van der Waals surface area contributed by atoms with Crippen LogP contribution in [0.3, 0.4) is 0 Å². The van der Waals surface area contributed by atoms with Gasteiger partial charge in [0, 0.05) is 0 Å². The third kappa shape index (κ3) is 7.35. The molecule has 25 heavy (non-hydrogen) atoms. The van der Waals surface area contributed by atoms with Gasteiger partial charge in [-0.15, -0.1) is 29.1 Å². The molecule has 0 heterocycles. The fourth-order valence-electron chi connectivity index (χ4n) is 1.92. The second kappa shape index (κ2) is 11.8. The van der Waals surface area contributed by atoms with Crippen molar-refractivity contribution in [2.24, 2.45) is 15.9 Å². The number of nitrogens with zero attached hydrogens (tertiary/aromatic N) is 2. The molecule has 0 aromatic heterocycles. The van der Waals surface area contributed by atoms with Gasteiger partial charge in [0.1, 0.15) is 6.61 Å². The highest BCUT2D eigenvalue weighted by Gasteiger charge is 2.06. The Labute approximate surface area is 169 Å². The van der Waals surface area contributed by atoms with Gasteiger partial charge in [-0.05, 0) is 42.5 Å². The van der Waals surface area contributed by atoms with E-state index in [1.165, 1.54) is 11.8 Å². The lowest BCUT2D eigenvalue weighted by Gasteiger charge is -2.12. The number of halogens is 1. The van der Waals surface area contributed by atoms with E-state index in [1.54, 1.807) is 6.21 Å². The van der Waals surface area contributed by atoms with Crippen LogP contribution in [0, 0.1) is 0 Å². The maximum absolute atomic E-state index is 5.87. The van der Waals surface area contributed by atoms with Crippen molar-refractivity contribution in [1.29, 1.82) is 0 Å². The van der Waals surface area contributed by atoms with E-state index in [0.717, 1.165) is 11.1 Å². The SMILES string of the molecule is CCOc1cc(/C=N/N=C(N)SC)ccc1OCc1ccccc1.I. The molecule has 0 aliphatic heterocycles. The number of nitrogens with two attached hydrogens (primary N) is 1. The molecule has 0 atom stereocenters. The standard InChI is InChI=1S/C18H21N3O2S.HI/c1-3-22-17-11-15(12-20-21-18(19)24-2)9-10-16(17)23-13-14-7-5-4-6-8-14;/h4-12H,3,13H2,1-2H3,(H2,19,21);1H/b20-12+;. The van der Waals surface area contributed by atoms with Crippen molar-refractivity contribution in [3.8, 4) is 11.5 Å². The van der Waals surface area contributed by atoms with E-state index in [-0.39, 0.29) is 24.0 Å². The number of thioether (sulfide) groups is 1. The Hall–Kier alpha value is -1.74. The number of ether oxygens (including phenoxy) is 2. The average Bonchev–Trinajstić information content (AvgIpc) is 2.62. The van der Waals surface area contributed by atoms with E-state index in [9.17, 15) is 0 Å². The molecule has 5 nitrogen and oxygen atoms in total. The summed E-state index contributed by atoms with van der Waals surface area (Å²) in [4.78, 5) is 0. The van der Waals surface area contributed by atoms with Crippen molar-refractivity contribution in [3.63, 3.8) is 0 Å². The van der Waals surface area contributed by atoms with Crippen LogP contribution in [-0.4, -0.2) is 24.2 Å². The second-order valence-corrected chi connectivity index (χ2v) is 5.63. The van der Waals surface area contributed by atoms with E-state index in [0.29, 0.717) is 29.9 Å². The van der Waals surface area contributed by atoms with Crippen LogP contribution < -0.4 is 15.2 Å². The quantitative estimate of drug-likeness (QED) is 0.283. The minimum absolute atomic E-state index is 0. The van der Waals surface area contributed by atoms with Gasteiger partial charge in [0.05, 0.1) is 12.8 Å². The Balaban J connectivity index is 0.00000312. The summed E-state index contributed by atoms with van der Waals surface area (Å²) >= 11 is 1.35. The Morgan fingerprint density at radius 2 is 1.88 bits per heavy atom. The molecule has 0 bridgehead atoms. The number of hydrogen-bond acceptors (Lipinski definition) is 5. The summed E-state index contributed by atoms with van der Waals surface area (Å²) in [5.41, 5.74) is 7.56. The van der Waals surface area contributed by atoms with Gasteiger partial charge in [-0.1, -0.05) is 42.1 Å². The van der Waals surface area contributed by atoms with Crippen molar-refractivity contribution >= 4 is 47.1 Å². The molecular weight excluding hydrogens is 449 g/mol. The number of hydrogen-bond donors (Lipinski definition) is 1. The maximum Gasteiger partial charge on any atom is 0.180 e. The molecule has 0 aliphatic carbocycles. The van der Waals surface area contributed by atoms with E-state index in [1.807, 2.05) is 61.7 Å². The lowest BCUT2D eigenvalue weighted by Crippen LogP contribution is -2.04. The Bertz CT molecular complexity index is 709. The molecule has 0 fully saturated rings. The summed E-state index contributed by atoms with van der Waals surface area (Å²) < 4.78 is 11.5. The minimum atomic E-state index is 0. The molecule has 0 saturated carbocycles. The molecule has 0 saturated heterocycles. The normalized spacial score (nSPS) is 11.2. The Morgan fingerprint density at radius 1 is 1.12 bits per heavy atom. The van der Waals surface area contributed by atoms with Crippen LogP contribution >= 0.6 is 35.7 Å². The largest absolute Gasteiger partial charge is 0.490 e. The van der Waals surface area contributed by atoms with E-state index in [4.69, 9.17) is 15.2 Å². The highest BCUT2D eigenvalue weighted by atomic mass is 127. The number of rotatable bonds is 7. The third-order valence-corrected chi connectivity index (χ3v) is 3.58. The molecule has 0 spiro atoms. The van der Waals surface area contributed by atoms with Gasteiger partial charge < -0.3 is 15.2 Å². The highest BCUT2D eigenvalue weighted by molar-refractivity contribution is 14.0. The minimum Gasteiger partial charge on any atom is -0.490 e. The maximum atomic E-state index is 5.87. The third-order valence-electron chi connectivity index (χ3n) is 3.08. The molecule has 2 aromatic rings. The van der Waals surface area contributed by atoms with Crippen LogP contribution in [0.2, 0.25) is 0 Å². The predicted octanol–water partition coefficient (Wildman–Crippen LogP) is 4.29. The Kier molecular flexibility index (Phi) is 10.0. The summed E-state index contributed by atoms with van der Waals surface area (Å²) in [5, 5.41) is 8.24. The molecule has 2 N–H and O–H groups in total. The van der Waals surface area contributed by atoms with Gasteiger partial charge in [-0.3, -0.25) is 0 Å². The molecule has 134 valence electrons. The van der Waals surface area contributed by atoms with Gasteiger partial charge in [-0.2, -0.15) is 5.10 Å². The van der Waals surface area contributed by atoms with E-state index in [2.05, 4.69) is 10.2 Å². The van der Waals surface area contributed by atoms with Crippen molar-refractivity contribution in [2.45, 2.75) is 13.5 Å². The molecule has 0 aliphatic rings. The van der Waals surface area contributed by atoms with Crippen molar-refractivity contribution in [3.05, 3.63) is 59.7 Å². The van der Waals surface area contributed by atoms with Crippen LogP contribution in [0.5, 0.6) is 11.5 Å². The van der Waals surface area contributed by atoms with Gasteiger partial charge in [-0.25, -0.2) is 0 Å². The summed E-state index contributed by atoms with van der Waals surface area (Å²) in [6, 6.07) is 15.7. The van der Waals surface area contributed by atoms with Crippen molar-refractivity contribution in [1.82, 2.24) is 0 Å². The smallest absolute Gasteiger partial charge is 0.180 e. The zero-order chi connectivity index (χ0) is 17.2. The van der Waals surface area contributed by atoms with E-state index >= 15 is 0 Å². The predicted molar refractivity (Wildman–Crippen MR) is 117 cm³/mol. The van der Waals surface area contributed by atoms with Crippen LogP contribution in [0.4, 0.5) is 0 Å². The van der Waals surface area contributed by atoms with Gasteiger partial charge in [0.25, 0.3) is 0 Å². The number of amidine groups is 1. The van der Waals surface area contributed by atoms with Crippen molar-refractivity contribution < 1.29 is 9.47 Å². The first-order chi connectivity index (χ1) is 11.7. The highest BCUT2D eigenvalue weighted by Crippen LogP contribution is 2.28. The molecule has 0 unspecified atom stereocenters. The second-order valence-electron chi connectivity index (χ2n) is 4.80. The zero-order valence-electron chi connectivity index (χ0n) is 14.2. The first-order valence-electron chi connectivity index (χ1n) is 7.57. The summed E-state index contributed by atoms with van der Waals surface area (Å²) in [5.74, 6) is 1.38. The average molecular weight is 471 g/mol. The zero-order valence-corrected chi connectivity index (χ0v) is 17.4. The van der Waals surface area contributed by atoms with Crippen molar-refractivity contribution in [2.75, 3.05) is 12.9 Å². The lowest BCUT2D eigenvalue weighted by atomic mass is 10.2. The molecule has 7 heteroatoms. The first kappa shape index (κ1) is 21.3. The summed E-state index contributed by atoms with van der Waals surface area (Å²) in [6.07, 6.45) is 3.48. The fourth-order valence-corrected chi connectivity index (χ4v) is 2.05. The molecule has 0 amide bonds. The molecule has 2 aromatic carbocycles.